The molecule has 0 aromatic heterocycles. The Labute approximate surface area is 114 Å². The second kappa shape index (κ2) is 6.28. The Bertz CT molecular complexity index is 572. The molecule has 0 unspecified atom stereocenters. The number of hydrogen-bond donors (Lipinski definition) is 0. The van der Waals surface area contributed by atoms with Gasteiger partial charge in [0.15, 0.2) is 0 Å². The van der Waals surface area contributed by atoms with Crippen molar-refractivity contribution >= 4 is 10.8 Å². The van der Waals surface area contributed by atoms with Crippen LogP contribution in [-0.4, -0.2) is 13.7 Å². The summed E-state index contributed by atoms with van der Waals surface area (Å²) in [5.74, 6) is 1.75. The number of benzene rings is 2. The molecule has 0 radical (unpaired) electrons. The van der Waals surface area contributed by atoms with E-state index in [4.69, 9.17) is 9.47 Å². The van der Waals surface area contributed by atoms with Gasteiger partial charge < -0.3 is 9.47 Å². The average molecular weight is 256 g/mol. The summed E-state index contributed by atoms with van der Waals surface area (Å²) in [6.07, 6.45) is 1.83. The van der Waals surface area contributed by atoms with Gasteiger partial charge in [-0.25, -0.2) is 0 Å². The van der Waals surface area contributed by atoms with E-state index in [0.717, 1.165) is 24.4 Å². The minimum atomic E-state index is 0.691. The third-order valence-electron chi connectivity index (χ3n) is 3.15. The van der Waals surface area contributed by atoms with Crippen molar-refractivity contribution in [3.8, 4) is 5.75 Å². The van der Waals surface area contributed by atoms with Crippen molar-refractivity contribution in [1.82, 2.24) is 0 Å². The maximum Gasteiger partial charge on any atom is 0.119 e. The highest BCUT2D eigenvalue weighted by Gasteiger charge is 2.01. The van der Waals surface area contributed by atoms with Gasteiger partial charge in [0.05, 0.1) is 19.5 Å². The third kappa shape index (κ3) is 3.50. The van der Waals surface area contributed by atoms with Crippen molar-refractivity contribution in [2.75, 3.05) is 13.7 Å². The number of fused-ring (bicyclic) bond motifs is 1. The van der Waals surface area contributed by atoms with Gasteiger partial charge in [0.2, 0.25) is 0 Å². The van der Waals surface area contributed by atoms with Crippen molar-refractivity contribution in [3.05, 3.63) is 54.3 Å². The minimum Gasteiger partial charge on any atom is -0.499 e. The molecule has 0 saturated heterocycles. The van der Waals surface area contributed by atoms with E-state index in [9.17, 15) is 0 Å². The predicted octanol–water partition coefficient (Wildman–Crippen LogP) is 4.33. The van der Waals surface area contributed by atoms with E-state index in [-0.39, 0.29) is 0 Å². The zero-order valence-electron chi connectivity index (χ0n) is 11.6. The summed E-state index contributed by atoms with van der Waals surface area (Å²) >= 11 is 0. The lowest BCUT2D eigenvalue weighted by atomic mass is 10.0. The molecule has 0 fully saturated rings. The fraction of sp³-hybridized carbons (Fsp3) is 0.294. The van der Waals surface area contributed by atoms with Gasteiger partial charge in [-0.05, 0) is 41.8 Å². The number of ether oxygens (including phenoxy) is 2. The van der Waals surface area contributed by atoms with Crippen LogP contribution in [0.25, 0.3) is 10.8 Å². The van der Waals surface area contributed by atoms with E-state index in [2.05, 4.69) is 36.9 Å². The minimum absolute atomic E-state index is 0.691. The van der Waals surface area contributed by atoms with E-state index >= 15 is 0 Å². The Kier molecular flexibility index (Phi) is 4.45. The number of rotatable bonds is 6. The zero-order chi connectivity index (χ0) is 13.7. The fourth-order valence-electron chi connectivity index (χ4n) is 2.12. The Morgan fingerprint density at radius 2 is 1.84 bits per heavy atom. The van der Waals surface area contributed by atoms with Crippen LogP contribution in [0.4, 0.5) is 0 Å². The van der Waals surface area contributed by atoms with Gasteiger partial charge in [-0.3, -0.25) is 0 Å². The van der Waals surface area contributed by atoms with Gasteiger partial charge in [0, 0.05) is 6.42 Å². The lowest BCUT2D eigenvalue weighted by Crippen LogP contribution is -1.93. The molecule has 2 aromatic carbocycles. The number of hydrogen-bond acceptors (Lipinski definition) is 2. The van der Waals surface area contributed by atoms with Crippen LogP contribution in [-0.2, 0) is 11.2 Å². The van der Waals surface area contributed by atoms with Crippen LogP contribution in [0.3, 0.4) is 0 Å². The van der Waals surface area contributed by atoms with Crippen molar-refractivity contribution in [1.29, 1.82) is 0 Å². The van der Waals surface area contributed by atoms with Crippen LogP contribution in [0, 0.1) is 0 Å². The Balaban J connectivity index is 2.11. The van der Waals surface area contributed by atoms with Crippen molar-refractivity contribution in [3.63, 3.8) is 0 Å². The normalized spacial score (nSPS) is 10.4. The topological polar surface area (TPSA) is 18.5 Å². The van der Waals surface area contributed by atoms with Crippen LogP contribution in [0.5, 0.6) is 5.75 Å². The van der Waals surface area contributed by atoms with Crippen molar-refractivity contribution in [2.45, 2.75) is 19.8 Å². The van der Waals surface area contributed by atoms with Crippen LogP contribution < -0.4 is 4.74 Å². The standard InChI is InChI=1S/C17H20O2/c1-4-19-13(2)5-6-14-7-8-16-12-17(18-3)10-9-15(16)11-14/h7-12H,2,4-6H2,1,3H3. The Morgan fingerprint density at radius 1 is 1.11 bits per heavy atom. The lowest BCUT2D eigenvalue weighted by molar-refractivity contribution is 0.220. The first-order valence-electron chi connectivity index (χ1n) is 6.60. The third-order valence-corrected chi connectivity index (χ3v) is 3.15. The summed E-state index contributed by atoms with van der Waals surface area (Å²) in [5, 5.41) is 2.44. The van der Waals surface area contributed by atoms with Gasteiger partial charge in [-0.2, -0.15) is 0 Å². The van der Waals surface area contributed by atoms with E-state index in [1.54, 1.807) is 7.11 Å². The molecule has 0 aliphatic heterocycles. The highest BCUT2D eigenvalue weighted by molar-refractivity contribution is 5.84. The molecule has 2 nitrogen and oxygen atoms in total. The van der Waals surface area contributed by atoms with Crippen molar-refractivity contribution < 1.29 is 9.47 Å². The van der Waals surface area contributed by atoms with E-state index in [1.165, 1.54) is 16.3 Å². The molecule has 0 heterocycles. The second-order valence-corrected chi connectivity index (χ2v) is 4.52. The summed E-state index contributed by atoms with van der Waals surface area (Å²) in [4.78, 5) is 0. The summed E-state index contributed by atoms with van der Waals surface area (Å²) in [6, 6.07) is 12.6. The van der Waals surface area contributed by atoms with Crippen LogP contribution >= 0.6 is 0 Å². The molecule has 0 aliphatic rings. The molecule has 0 amide bonds. The molecule has 0 saturated carbocycles. The summed E-state index contributed by atoms with van der Waals surface area (Å²) in [6.45, 7) is 6.58. The monoisotopic (exact) mass is 256 g/mol. The maximum absolute atomic E-state index is 5.37. The molecule has 19 heavy (non-hydrogen) atoms. The fourth-order valence-corrected chi connectivity index (χ4v) is 2.12. The first-order chi connectivity index (χ1) is 9.22. The van der Waals surface area contributed by atoms with Gasteiger partial charge in [-0.15, -0.1) is 0 Å². The van der Waals surface area contributed by atoms with Crippen LogP contribution in [0.2, 0.25) is 0 Å². The number of allylic oxidation sites excluding steroid dienone is 1. The summed E-state index contributed by atoms with van der Waals surface area (Å²) in [7, 11) is 1.69. The second-order valence-electron chi connectivity index (χ2n) is 4.52. The van der Waals surface area contributed by atoms with Crippen molar-refractivity contribution in [2.24, 2.45) is 0 Å². The molecular formula is C17H20O2. The van der Waals surface area contributed by atoms with Gasteiger partial charge in [0.25, 0.3) is 0 Å². The molecule has 100 valence electrons. The highest BCUT2D eigenvalue weighted by atomic mass is 16.5. The Hall–Kier alpha value is -1.96. The van der Waals surface area contributed by atoms with Gasteiger partial charge in [0.1, 0.15) is 5.75 Å². The first-order valence-corrected chi connectivity index (χ1v) is 6.60. The quantitative estimate of drug-likeness (QED) is 0.716. The number of aryl methyl sites for hydroxylation is 1. The maximum atomic E-state index is 5.37. The highest BCUT2D eigenvalue weighted by Crippen LogP contribution is 2.22. The molecule has 2 heteroatoms. The summed E-state index contributed by atoms with van der Waals surface area (Å²) in [5.41, 5.74) is 1.30. The zero-order valence-corrected chi connectivity index (χ0v) is 11.6. The Morgan fingerprint density at radius 3 is 2.58 bits per heavy atom. The number of methoxy groups -OCH3 is 1. The molecule has 0 atom stereocenters. The smallest absolute Gasteiger partial charge is 0.119 e. The van der Waals surface area contributed by atoms with Crippen LogP contribution in [0.1, 0.15) is 18.9 Å². The van der Waals surface area contributed by atoms with Gasteiger partial charge in [-0.1, -0.05) is 30.8 Å². The lowest BCUT2D eigenvalue weighted by Gasteiger charge is -2.08. The van der Waals surface area contributed by atoms with Crippen LogP contribution in [0.15, 0.2) is 48.7 Å². The van der Waals surface area contributed by atoms with Gasteiger partial charge >= 0.3 is 0 Å². The molecule has 0 bridgehead atoms. The molecule has 0 aliphatic carbocycles. The SMILES string of the molecule is C=C(CCc1ccc2cc(OC)ccc2c1)OCC. The summed E-state index contributed by atoms with van der Waals surface area (Å²) < 4.78 is 10.6. The molecule has 0 N–H and O–H groups in total. The molecular weight excluding hydrogens is 236 g/mol. The molecule has 2 rings (SSSR count). The first kappa shape index (κ1) is 13.5. The predicted molar refractivity (Wildman–Crippen MR) is 79.6 cm³/mol. The largest absolute Gasteiger partial charge is 0.499 e. The van der Waals surface area contributed by atoms with E-state index in [0.29, 0.717) is 6.61 Å². The van der Waals surface area contributed by atoms with E-state index < -0.39 is 0 Å². The average Bonchev–Trinajstić information content (AvgIpc) is 2.44. The molecule has 2 aromatic rings. The molecule has 0 spiro atoms. The van der Waals surface area contributed by atoms with E-state index in [1.807, 2.05) is 13.0 Å².